The molecule has 0 aromatic heterocycles. The Bertz CT molecular complexity index is 401. The van der Waals surface area contributed by atoms with Gasteiger partial charge in [-0.1, -0.05) is 19.9 Å². The minimum absolute atomic E-state index is 0.189. The highest BCUT2D eigenvalue weighted by Crippen LogP contribution is 2.64. The molecule has 1 aromatic rings. The number of methoxy groups -OCH3 is 1. The molecule has 1 aromatic carbocycles. The summed E-state index contributed by atoms with van der Waals surface area (Å²) in [5, 5.41) is 9.54. The Kier molecular flexibility index (Phi) is 2.58. The zero-order valence-electron chi connectivity index (χ0n) is 10.0. The normalized spacial score (nSPS) is 26.5. The molecule has 0 spiro atoms. The number of phenolic OH excluding ortho intramolecular Hbond substituents is 1. The van der Waals surface area contributed by atoms with Gasteiger partial charge < -0.3 is 15.6 Å². The topological polar surface area (TPSA) is 55.5 Å². The third-order valence-electron chi connectivity index (χ3n) is 3.87. The number of rotatable bonds is 3. The van der Waals surface area contributed by atoms with Crippen LogP contribution < -0.4 is 10.5 Å². The van der Waals surface area contributed by atoms with Crippen LogP contribution in [0.1, 0.15) is 25.3 Å². The van der Waals surface area contributed by atoms with Crippen LogP contribution in [0, 0.1) is 11.3 Å². The van der Waals surface area contributed by atoms with Crippen molar-refractivity contribution in [2.24, 2.45) is 17.1 Å². The molecule has 0 bridgehead atoms. The van der Waals surface area contributed by atoms with Crippen molar-refractivity contribution in [1.29, 1.82) is 0 Å². The summed E-state index contributed by atoms with van der Waals surface area (Å²) in [4.78, 5) is 0. The van der Waals surface area contributed by atoms with Crippen molar-refractivity contribution in [2.45, 2.75) is 19.8 Å². The van der Waals surface area contributed by atoms with Crippen LogP contribution >= 0.6 is 0 Å². The zero-order chi connectivity index (χ0) is 11.9. The SMILES string of the molecule is COc1cc(C2C(CN)C2(C)C)ccc1O. The lowest BCUT2D eigenvalue weighted by Crippen LogP contribution is -2.05. The quantitative estimate of drug-likeness (QED) is 0.821. The van der Waals surface area contributed by atoms with Gasteiger partial charge in [-0.3, -0.25) is 0 Å². The summed E-state index contributed by atoms with van der Waals surface area (Å²) in [5.74, 6) is 1.73. The molecule has 3 N–H and O–H groups in total. The molecule has 2 rings (SSSR count). The summed E-state index contributed by atoms with van der Waals surface area (Å²) < 4.78 is 5.12. The molecular weight excluding hydrogens is 202 g/mol. The van der Waals surface area contributed by atoms with Crippen LogP contribution in [0.4, 0.5) is 0 Å². The fourth-order valence-electron chi connectivity index (χ4n) is 2.73. The molecule has 0 amide bonds. The van der Waals surface area contributed by atoms with E-state index in [9.17, 15) is 5.11 Å². The molecule has 2 atom stereocenters. The van der Waals surface area contributed by atoms with E-state index in [1.54, 1.807) is 13.2 Å². The van der Waals surface area contributed by atoms with Crippen LogP contribution in [0.25, 0.3) is 0 Å². The third kappa shape index (κ3) is 1.55. The molecule has 1 fully saturated rings. The van der Waals surface area contributed by atoms with Gasteiger partial charge in [-0.25, -0.2) is 0 Å². The van der Waals surface area contributed by atoms with E-state index in [0.29, 0.717) is 24.1 Å². The molecule has 16 heavy (non-hydrogen) atoms. The summed E-state index contributed by atoms with van der Waals surface area (Å²) in [5.41, 5.74) is 7.22. The first-order valence-electron chi connectivity index (χ1n) is 5.59. The average molecular weight is 221 g/mol. The lowest BCUT2D eigenvalue weighted by atomic mass is 10.0. The predicted molar refractivity (Wildman–Crippen MR) is 63.7 cm³/mol. The molecule has 88 valence electrons. The summed E-state index contributed by atoms with van der Waals surface area (Å²) in [6, 6.07) is 5.56. The van der Waals surface area contributed by atoms with Gasteiger partial charge in [0.05, 0.1) is 7.11 Å². The van der Waals surface area contributed by atoms with Gasteiger partial charge in [-0.05, 0) is 41.5 Å². The first-order chi connectivity index (χ1) is 7.52. The lowest BCUT2D eigenvalue weighted by molar-refractivity contribution is 0.373. The van der Waals surface area contributed by atoms with E-state index in [4.69, 9.17) is 10.5 Å². The summed E-state index contributed by atoms with van der Waals surface area (Å²) in [6.45, 7) is 5.17. The number of benzene rings is 1. The maximum absolute atomic E-state index is 9.54. The third-order valence-corrected chi connectivity index (χ3v) is 3.87. The number of ether oxygens (including phenoxy) is 1. The van der Waals surface area contributed by atoms with Gasteiger partial charge in [0.1, 0.15) is 0 Å². The van der Waals surface area contributed by atoms with Gasteiger partial charge in [0.2, 0.25) is 0 Å². The van der Waals surface area contributed by atoms with Crippen molar-refractivity contribution in [1.82, 2.24) is 0 Å². The van der Waals surface area contributed by atoms with Gasteiger partial charge in [-0.15, -0.1) is 0 Å². The van der Waals surface area contributed by atoms with Gasteiger partial charge in [0.25, 0.3) is 0 Å². The molecule has 2 unspecified atom stereocenters. The van der Waals surface area contributed by atoms with Crippen molar-refractivity contribution in [3.8, 4) is 11.5 Å². The Balaban J connectivity index is 2.30. The first-order valence-corrected chi connectivity index (χ1v) is 5.59. The molecule has 0 aliphatic heterocycles. The van der Waals surface area contributed by atoms with E-state index in [-0.39, 0.29) is 11.2 Å². The van der Waals surface area contributed by atoms with E-state index in [1.807, 2.05) is 12.1 Å². The standard InChI is InChI=1S/C13H19NO2/c1-13(2)9(7-14)12(13)8-4-5-10(15)11(6-8)16-3/h4-6,9,12,15H,7,14H2,1-3H3. The molecule has 3 nitrogen and oxygen atoms in total. The van der Waals surface area contributed by atoms with Crippen molar-refractivity contribution >= 4 is 0 Å². The second-order valence-electron chi connectivity index (χ2n) is 5.07. The Morgan fingerprint density at radius 2 is 2.12 bits per heavy atom. The van der Waals surface area contributed by atoms with Crippen LogP contribution in [0.2, 0.25) is 0 Å². The second-order valence-corrected chi connectivity index (χ2v) is 5.07. The summed E-state index contributed by atoms with van der Waals surface area (Å²) in [6.07, 6.45) is 0. The highest BCUT2D eigenvalue weighted by molar-refractivity contribution is 5.45. The Morgan fingerprint density at radius 3 is 2.62 bits per heavy atom. The Morgan fingerprint density at radius 1 is 1.44 bits per heavy atom. The molecular formula is C13H19NO2. The molecule has 3 heteroatoms. The van der Waals surface area contributed by atoms with Crippen LogP contribution in [-0.2, 0) is 0 Å². The molecule has 0 radical (unpaired) electrons. The molecule has 0 heterocycles. The minimum Gasteiger partial charge on any atom is -0.504 e. The summed E-state index contributed by atoms with van der Waals surface area (Å²) >= 11 is 0. The molecule has 1 saturated carbocycles. The van der Waals surface area contributed by atoms with Gasteiger partial charge in [0.15, 0.2) is 11.5 Å². The fourth-order valence-corrected chi connectivity index (χ4v) is 2.73. The zero-order valence-corrected chi connectivity index (χ0v) is 10.0. The Labute approximate surface area is 96.2 Å². The van der Waals surface area contributed by atoms with E-state index < -0.39 is 0 Å². The molecule has 1 aliphatic carbocycles. The van der Waals surface area contributed by atoms with Crippen molar-refractivity contribution < 1.29 is 9.84 Å². The van der Waals surface area contributed by atoms with E-state index in [1.165, 1.54) is 5.56 Å². The first kappa shape index (κ1) is 11.3. The highest BCUT2D eigenvalue weighted by atomic mass is 16.5. The number of hydrogen-bond acceptors (Lipinski definition) is 3. The predicted octanol–water partition coefficient (Wildman–Crippen LogP) is 2.10. The van der Waals surface area contributed by atoms with Crippen LogP contribution in [0.5, 0.6) is 11.5 Å². The fraction of sp³-hybridized carbons (Fsp3) is 0.538. The number of phenols is 1. The lowest BCUT2D eigenvalue weighted by Gasteiger charge is -2.07. The largest absolute Gasteiger partial charge is 0.504 e. The number of aromatic hydroxyl groups is 1. The maximum atomic E-state index is 9.54. The Hall–Kier alpha value is -1.22. The smallest absolute Gasteiger partial charge is 0.160 e. The second kappa shape index (κ2) is 3.67. The maximum Gasteiger partial charge on any atom is 0.160 e. The van der Waals surface area contributed by atoms with Gasteiger partial charge in [0, 0.05) is 0 Å². The van der Waals surface area contributed by atoms with E-state index in [2.05, 4.69) is 13.8 Å². The van der Waals surface area contributed by atoms with E-state index >= 15 is 0 Å². The summed E-state index contributed by atoms with van der Waals surface area (Å²) in [7, 11) is 1.57. The van der Waals surface area contributed by atoms with Gasteiger partial charge >= 0.3 is 0 Å². The van der Waals surface area contributed by atoms with Crippen LogP contribution in [0.15, 0.2) is 18.2 Å². The van der Waals surface area contributed by atoms with Crippen LogP contribution in [0.3, 0.4) is 0 Å². The van der Waals surface area contributed by atoms with Crippen molar-refractivity contribution in [2.75, 3.05) is 13.7 Å². The van der Waals surface area contributed by atoms with Gasteiger partial charge in [-0.2, -0.15) is 0 Å². The molecule has 1 aliphatic rings. The highest BCUT2D eigenvalue weighted by Gasteiger charge is 2.57. The monoisotopic (exact) mass is 221 g/mol. The van der Waals surface area contributed by atoms with Crippen molar-refractivity contribution in [3.05, 3.63) is 23.8 Å². The van der Waals surface area contributed by atoms with Crippen molar-refractivity contribution in [3.63, 3.8) is 0 Å². The number of hydrogen-bond donors (Lipinski definition) is 2. The van der Waals surface area contributed by atoms with Crippen LogP contribution in [-0.4, -0.2) is 18.8 Å². The molecule has 0 saturated heterocycles. The minimum atomic E-state index is 0.189. The number of nitrogens with two attached hydrogens (primary N) is 1. The average Bonchev–Trinajstić information content (AvgIpc) is 2.81. The van der Waals surface area contributed by atoms with E-state index in [0.717, 1.165) is 0 Å².